The van der Waals surface area contributed by atoms with Gasteiger partial charge in [0, 0.05) is 12.2 Å². The maximum Gasteiger partial charge on any atom is 0.408 e. The highest BCUT2D eigenvalue weighted by Crippen LogP contribution is 2.27. The Morgan fingerprint density at radius 3 is 2.45 bits per heavy atom. The Kier molecular flexibility index (Phi) is 13.3. The molecule has 0 aromatic heterocycles. The number of ether oxygens (including phenoxy) is 1. The number of nitrogens with one attached hydrogen (secondary N) is 2. The number of alkyl carbamates (subject to hydrolysis) is 1. The number of nitrogens with zero attached hydrogens (tertiary/aromatic N) is 1. The molecule has 0 saturated heterocycles. The van der Waals surface area contributed by atoms with Crippen LogP contribution in [0.4, 0.5) is 10.5 Å². The van der Waals surface area contributed by atoms with Crippen molar-refractivity contribution >= 4 is 41.4 Å². The summed E-state index contributed by atoms with van der Waals surface area (Å²) in [5.74, 6) is 0.0206. The topological polar surface area (TPSA) is 87.7 Å². The highest BCUT2D eigenvalue weighted by atomic mass is 32.2. The first-order valence-electron chi connectivity index (χ1n) is 13.9. The molecule has 0 aliphatic heterocycles. The predicted octanol–water partition coefficient (Wildman–Crippen LogP) is 6.98. The number of para-hydroxylation sites is 1. The van der Waals surface area contributed by atoms with E-state index in [0.29, 0.717) is 30.0 Å². The normalized spacial score (nSPS) is 12.7. The van der Waals surface area contributed by atoms with Gasteiger partial charge >= 0.3 is 6.09 Å². The number of carbonyl (C=O) groups is 3. The number of benzene rings is 2. The zero-order valence-corrected chi connectivity index (χ0v) is 25.6. The van der Waals surface area contributed by atoms with Gasteiger partial charge in [0.05, 0.1) is 0 Å². The van der Waals surface area contributed by atoms with E-state index in [1.54, 1.807) is 43.5 Å². The number of hydrogen-bond donors (Lipinski definition) is 2. The van der Waals surface area contributed by atoms with Gasteiger partial charge in [-0.05, 0) is 81.4 Å². The molecular formula is C32H45N3O4S. The van der Waals surface area contributed by atoms with Crippen LogP contribution in [0.15, 0.2) is 55.1 Å². The molecule has 8 heteroatoms. The van der Waals surface area contributed by atoms with Crippen molar-refractivity contribution in [1.29, 1.82) is 0 Å². The Hall–Kier alpha value is -3.26. The summed E-state index contributed by atoms with van der Waals surface area (Å²) in [4.78, 5) is 42.7. The van der Waals surface area contributed by atoms with E-state index in [0.717, 1.165) is 30.4 Å². The lowest BCUT2D eigenvalue weighted by Gasteiger charge is -2.35. The standard InChI is InChI=1S/C32H45N3O4S/c1-8-10-13-20-35(30(37)27(19-21-40-7)34-31(38)39-32(4,5)6)28(25-17-14-16-24(9-2)22-25)29(36)33-26-18-12-11-15-23(26)3/h9,11-12,14-18,22,27-28H,2,8,10,13,19-21H2,1,3-7H3,(H,33,36)(H,34,38). The summed E-state index contributed by atoms with van der Waals surface area (Å²) in [5.41, 5.74) is 2.41. The number of unbranched alkanes of at least 4 members (excludes halogenated alkanes) is 2. The van der Waals surface area contributed by atoms with Gasteiger partial charge in [-0.25, -0.2) is 4.79 Å². The van der Waals surface area contributed by atoms with Gasteiger partial charge in [-0.15, -0.1) is 0 Å². The number of carbonyl (C=O) groups excluding carboxylic acids is 3. The number of aryl methyl sites for hydroxylation is 1. The quantitative estimate of drug-likeness (QED) is 0.240. The Labute approximate surface area is 244 Å². The minimum Gasteiger partial charge on any atom is -0.444 e. The van der Waals surface area contributed by atoms with E-state index in [9.17, 15) is 14.4 Å². The minimum absolute atomic E-state index is 0.315. The zero-order valence-electron chi connectivity index (χ0n) is 24.8. The van der Waals surface area contributed by atoms with E-state index in [2.05, 4.69) is 24.1 Å². The van der Waals surface area contributed by atoms with Gasteiger partial charge in [-0.3, -0.25) is 9.59 Å². The fourth-order valence-electron chi connectivity index (χ4n) is 4.28. The SMILES string of the molecule is C=Cc1cccc(C(C(=O)Nc2ccccc2C)N(CCCCC)C(=O)C(CCSC)NC(=O)OC(C)(C)C)c1. The van der Waals surface area contributed by atoms with Crippen molar-refractivity contribution in [3.8, 4) is 0 Å². The molecule has 2 rings (SSSR count). The fourth-order valence-corrected chi connectivity index (χ4v) is 4.76. The molecule has 0 bridgehead atoms. The highest BCUT2D eigenvalue weighted by molar-refractivity contribution is 7.98. The smallest absolute Gasteiger partial charge is 0.408 e. The molecule has 2 atom stereocenters. The molecular weight excluding hydrogens is 522 g/mol. The average Bonchev–Trinajstić information content (AvgIpc) is 2.90. The van der Waals surface area contributed by atoms with E-state index in [1.807, 2.05) is 61.7 Å². The molecule has 7 nitrogen and oxygen atoms in total. The number of hydrogen-bond acceptors (Lipinski definition) is 5. The van der Waals surface area contributed by atoms with Crippen LogP contribution in [0, 0.1) is 6.92 Å². The molecule has 0 fully saturated rings. The molecule has 218 valence electrons. The summed E-state index contributed by atoms with van der Waals surface area (Å²) in [6, 6.07) is 13.3. The third-order valence-electron chi connectivity index (χ3n) is 6.31. The van der Waals surface area contributed by atoms with Crippen LogP contribution in [0.25, 0.3) is 6.08 Å². The molecule has 2 aromatic carbocycles. The monoisotopic (exact) mass is 567 g/mol. The summed E-state index contributed by atoms with van der Waals surface area (Å²) < 4.78 is 5.47. The maximum absolute atomic E-state index is 14.3. The summed E-state index contributed by atoms with van der Waals surface area (Å²) in [5, 5.41) is 5.84. The lowest BCUT2D eigenvalue weighted by molar-refractivity contribution is -0.141. The number of amides is 3. The second kappa shape index (κ2) is 16.1. The van der Waals surface area contributed by atoms with Gasteiger partial charge in [-0.1, -0.05) is 68.8 Å². The third-order valence-corrected chi connectivity index (χ3v) is 6.95. The first-order chi connectivity index (χ1) is 19.0. The Bertz CT molecular complexity index is 1140. The Morgan fingerprint density at radius 2 is 1.82 bits per heavy atom. The van der Waals surface area contributed by atoms with Crippen LogP contribution < -0.4 is 10.6 Å². The molecule has 2 unspecified atom stereocenters. The second-order valence-electron chi connectivity index (χ2n) is 10.8. The minimum atomic E-state index is -0.916. The van der Waals surface area contributed by atoms with Crippen LogP contribution in [-0.2, 0) is 14.3 Å². The van der Waals surface area contributed by atoms with Crippen LogP contribution in [0.2, 0.25) is 0 Å². The molecule has 0 aliphatic rings. The largest absolute Gasteiger partial charge is 0.444 e. The van der Waals surface area contributed by atoms with Gasteiger partial charge < -0.3 is 20.3 Å². The van der Waals surface area contributed by atoms with Crippen molar-refractivity contribution in [3.05, 3.63) is 71.8 Å². The van der Waals surface area contributed by atoms with Crippen molar-refractivity contribution < 1.29 is 19.1 Å². The van der Waals surface area contributed by atoms with Crippen molar-refractivity contribution in [1.82, 2.24) is 10.2 Å². The van der Waals surface area contributed by atoms with E-state index in [4.69, 9.17) is 4.74 Å². The number of rotatable bonds is 14. The Balaban J connectivity index is 2.56. The van der Waals surface area contributed by atoms with E-state index < -0.39 is 23.8 Å². The van der Waals surface area contributed by atoms with Gasteiger partial charge in [0.2, 0.25) is 5.91 Å². The zero-order chi connectivity index (χ0) is 29.7. The third kappa shape index (κ3) is 10.4. The molecule has 0 spiro atoms. The van der Waals surface area contributed by atoms with E-state index in [1.165, 1.54) is 0 Å². The van der Waals surface area contributed by atoms with Crippen molar-refractivity contribution in [2.24, 2.45) is 0 Å². The Morgan fingerprint density at radius 1 is 1.10 bits per heavy atom. The van der Waals surface area contributed by atoms with Gasteiger partial charge in [-0.2, -0.15) is 11.8 Å². The molecule has 0 saturated carbocycles. The van der Waals surface area contributed by atoms with Crippen LogP contribution >= 0.6 is 11.8 Å². The molecule has 0 heterocycles. The number of thioether (sulfide) groups is 1. The molecule has 2 N–H and O–H groups in total. The van der Waals surface area contributed by atoms with Gasteiger partial charge in [0.15, 0.2) is 0 Å². The van der Waals surface area contributed by atoms with Crippen molar-refractivity contribution in [2.75, 3.05) is 23.9 Å². The fraction of sp³-hybridized carbons (Fsp3) is 0.469. The van der Waals surface area contributed by atoms with Crippen LogP contribution in [0.1, 0.15) is 76.1 Å². The molecule has 0 aliphatic carbocycles. The summed E-state index contributed by atoms with van der Waals surface area (Å²) >= 11 is 1.59. The molecule has 40 heavy (non-hydrogen) atoms. The first kappa shape index (κ1) is 32.9. The van der Waals surface area contributed by atoms with Crippen LogP contribution in [-0.4, -0.2) is 53.0 Å². The highest BCUT2D eigenvalue weighted by Gasteiger charge is 2.36. The average molecular weight is 568 g/mol. The second-order valence-corrected chi connectivity index (χ2v) is 11.8. The van der Waals surface area contributed by atoms with E-state index in [-0.39, 0.29) is 11.8 Å². The summed E-state index contributed by atoms with van der Waals surface area (Å²) in [7, 11) is 0. The van der Waals surface area contributed by atoms with Crippen molar-refractivity contribution in [2.45, 2.75) is 78.0 Å². The summed E-state index contributed by atoms with van der Waals surface area (Å²) in [6.07, 6.45) is 6.00. The molecule has 0 radical (unpaired) electrons. The number of anilines is 1. The lowest BCUT2D eigenvalue weighted by atomic mass is 9.99. The molecule has 2 aromatic rings. The van der Waals surface area contributed by atoms with Gasteiger partial charge in [0.1, 0.15) is 17.7 Å². The van der Waals surface area contributed by atoms with E-state index >= 15 is 0 Å². The predicted molar refractivity (Wildman–Crippen MR) is 166 cm³/mol. The van der Waals surface area contributed by atoms with Crippen molar-refractivity contribution in [3.63, 3.8) is 0 Å². The first-order valence-corrected chi connectivity index (χ1v) is 15.3. The summed E-state index contributed by atoms with van der Waals surface area (Å²) in [6.45, 7) is 13.6. The van der Waals surface area contributed by atoms with Gasteiger partial charge in [0.25, 0.3) is 5.91 Å². The molecule has 3 amide bonds. The maximum atomic E-state index is 14.3. The van der Waals surface area contributed by atoms with Crippen LogP contribution in [0.5, 0.6) is 0 Å². The lowest BCUT2D eigenvalue weighted by Crippen LogP contribution is -2.52. The van der Waals surface area contributed by atoms with Crippen LogP contribution in [0.3, 0.4) is 0 Å².